The van der Waals surface area contributed by atoms with Crippen LogP contribution in [-0.4, -0.2) is 66.5 Å². The molecule has 1 aliphatic rings. The molecule has 0 atom stereocenters. The molecule has 0 aliphatic carbocycles. The molecule has 7 nitrogen and oxygen atoms in total. The van der Waals surface area contributed by atoms with E-state index < -0.39 is 6.17 Å². The predicted octanol–water partition coefficient (Wildman–Crippen LogP) is 4.09. The molecule has 1 aromatic carbocycles. The van der Waals surface area contributed by atoms with E-state index in [2.05, 4.69) is 25.8 Å². The number of fused-ring (bicyclic) bond motifs is 1. The van der Waals surface area contributed by atoms with Gasteiger partial charge in [-0.3, -0.25) is 4.90 Å². The van der Waals surface area contributed by atoms with Gasteiger partial charge in [0.05, 0.1) is 35.9 Å². The minimum atomic E-state index is -0.704. The van der Waals surface area contributed by atoms with Crippen LogP contribution in [0.5, 0.6) is 17.5 Å². The van der Waals surface area contributed by atoms with Gasteiger partial charge in [-0.2, -0.15) is 9.97 Å². The van der Waals surface area contributed by atoms with Crippen molar-refractivity contribution in [2.75, 3.05) is 40.5 Å². The van der Waals surface area contributed by atoms with Crippen molar-refractivity contribution in [2.24, 2.45) is 0 Å². The number of benzene rings is 1. The number of aromatic amines is 1. The Morgan fingerprint density at radius 1 is 1.22 bits per heavy atom. The molecule has 1 aliphatic heterocycles. The summed E-state index contributed by atoms with van der Waals surface area (Å²) in [5, 5.41) is 1.09. The maximum absolute atomic E-state index is 13.3. The molecule has 0 bridgehead atoms. The zero-order chi connectivity index (χ0) is 22.7. The number of aromatic nitrogens is 3. The highest BCUT2D eigenvalue weighted by molar-refractivity contribution is 6.34. The second kappa shape index (κ2) is 9.63. The lowest BCUT2D eigenvalue weighted by atomic mass is 10.1. The molecule has 2 aromatic heterocycles. The van der Waals surface area contributed by atoms with Crippen molar-refractivity contribution < 1.29 is 18.6 Å². The molecule has 0 unspecified atom stereocenters. The number of nitrogens with zero attached hydrogens (tertiary/aromatic N) is 3. The second-order valence-electron chi connectivity index (χ2n) is 7.48. The molecule has 0 saturated carbocycles. The third kappa shape index (κ3) is 4.45. The van der Waals surface area contributed by atoms with Crippen LogP contribution in [0.1, 0.15) is 18.4 Å². The lowest BCUT2D eigenvalue weighted by molar-refractivity contribution is 0.130. The molecular weight excluding hydrogens is 435 g/mol. The average Bonchev–Trinajstić information content (AvgIpc) is 3.23. The Labute approximate surface area is 190 Å². The number of likely N-dealkylation sites (tertiary alicyclic amines) is 1. The molecule has 0 radical (unpaired) electrons. The minimum absolute atomic E-state index is 0.198. The number of hydrogen-bond acceptors (Lipinski definition) is 6. The van der Waals surface area contributed by atoms with Crippen LogP contribution in [0.25, 0.3) is 22.3 Å². The standard InChI is InChI=1S/C23H24ClFN4O3/c1-4-14-13-26-22-20(14)21(16-11-18(30-2)19(31-3)12-17(16)24)27-23(28-22)32-10-9-29-7-5-15(25)6-8-29/h1,11-13,15H,5-10H2,2-3H3,(H,26,27,28). The van der Waals surface area contributed by atoms with Crippen molar-refractivity contribution in [3.8, 4) is 41.1 Å². The minimum Gasteiger partial charge on any atom is -0.493 e. The zero-order valence-corrected chi connectivity index (χ0v) is 18.7. The van der Waals surface area contributed by atoms with Gasteiger partial charge in [-0.25, -0.2) is 4.39 Å². The summed E-state index contributed by atoms with van der Waals surface area (Å²) >= 11 is 6.57. The number of methoxy groups -OCH3 is 2. The summed E-state index contributed by atoms with van der Waals surface area (Å²) in [5.41, 5.74) is 2.30. The van der Waals surface area contributed by atoms with E-state index in [1.807, 2.05) is 0 Å². The number of ether oxygens (including phenoxy) is 3. The van der Waals surface area contributed by atoms with Crippen molar-refractivity contribution in [3.05, 3.63) is 28.9 Å². The average molecular weight is 459 g/mol. The van der Waals surface area contributed by atoms with Crippen LogP contribution < -0.4 is 14.2 Å². The molecule has 32 heavy (non-hydrogen) atoms. The second-order valence-corrected chi connectivity index (χ2v) is 7.88. The van der Waals surface area contributed by atoms with E-state index in [4.69, 9.17) is 32.2 Å². The summed E-state index contributed by atoms with van der Waals surface area (Å²) in [7, 11) is 3.09. The quantitative estimate of drug-likeness (QED) is 0.538. The van der Waals surface area contributed by atoms with Crippen LogP contribution in [-0.2, 0) is 0 Å². The van der Waals surface area contributed by atoms with E-state index in [0.29, 0.717) is 70.4 Å². The first-order chi connectivity index (χ1) is 15.5. The van der Waals surface area contributed by atoms with E-state index in [1.54, 1.807) is 32.5 Å². The van der Waals surface area contributed by atoms with E-state index in [1.165, 1.54) is 0 Å². The summed E-state index contributed by atoms with van der Waals surface area (Å²) in [6, 6.07) is 3.62. The third-order valence-corrected chi connectivity index (χ3v) is 5.86. The highest BCUT2D eigenvalue weighted by Gasteiger charge is 2.21. The van der Waals surface area contributed by atoms with Crippen molar-refractivity contribution in [1.29, 1.82) is 0 Å². The van der Waals surface area contributed by atoms with Crippen molar-refractivity contribution in [2.45, 2.75) is 19.0 Å². The molecule has 9 heteroatoms. The maximum Gasteiger partial charge on any atom is 0.319 e. The Morgan fingerprint density at radius 2 is 1.94 bits per heavy atom. The number of halogens is 2. The van der Waals surface area contributed by atoms with Crippen molar-refractivity contribution in [1.82, 2.24) is 19.9 Å². The number of rotatable bonds is 7. The molecule has 1 N–H and O–H groups in total. The normalized spacial score (nSPS) is 15.0. The number of terminal acetylenes is 1. The Morgan fingerprint density at radius 3 is 2.62 bits per heavy atom. The largest absolute Gasteiger partial charge is 0.493 e. The fourth-order valence-electron chi connectivity index (χ4n) is 3.81. The highest BCUT2D eigenvalue weighted by Crippen LogP contribution is 2.40. The maximum atomic E-state index is 13.3. The first kappa shape index (κ1) is 22.2. The smallest absolute Gasteiger partial charge is 0.319 e. The zero-order valence-electron chi connectivity index (χ0n) is 18.0. The van der Waals surface area contributed by atoms with Gasteiger partial charge >= 0.3 is 6.01 Å². The lowest BCUT2D eigenvalue weighted by Crippen LogP contribution is -2.37. The van der Waals surface area contributed by atoms with Gasteiger partial charge in [-0.05, 0) is 18.9 Å². The Hall–Kier alpha value is -3.02. The molecule has 3 heterocycles. The number of H-pyrrole nitrogens is 1. The number of alkyl halides is 1. The first-order valence-electron chi connectivity index (χ1n) is 10.3. The predicted molar refractivity (Wildman–Crippen MR) is 121 cm³/mol. The van der Waals surface area contributed by atoms with Gasteiger partial charge < -0.3 is 19.2 Å². The van der Waals surface area contributed by atoms with Crippen LogP contribution in [0.4, 0.5) is 4.39 Å². The van der Waals surface area contributed by atoms with E-state index in [-0.39, 0.29) is 6.01 Å². The number of piperidine rings is 1. The van der Waals surface area contributed by atoms with E-state index >= 15 is 0 Å². The molecule has 1 fully saturated rings. The van der Waals surface area contributed by atoms with E-state index in [9.17, 15) is 4.39 Å². The highest BCUT2D eigenvalue weighted by atomic mass is 35.5. The monoisotopic (exact) mass is 458 g/mol. The Bertz CT molecular complexity index is 1150. The van der Waals surface area contributed by atoms with Crippen LogP contribution >= 0.6 is 11.6 Å². The lowest BCUT2D eigenvalue weighted by Gasteiger charge is -2.28. The third-order valence-electron chi connectivity index (χ3n) is 5.55. The molecule has 168 valence electrons. The van der Waals surface area contributed by atoms with Crippen LogP contribution in [0, 0.1) is 12.3 Å². The van der Waals surface area contributed by atoms with Crippen LogP contribution in [0.15, 0.2) is 18.3 Å². The van der Waals surface area contributed by atoms with Gasteiger partial charge in [0.1, 0.15) is 18.4 Å². The van der Waals surface area contributed by atoms with Gasteiger partial charge in [0, 0.05) is 37.5 Å². The van der Waals surface area contributed by atoms with Gasteiger partial charge in [-0.15, -0.1) is 6.42 Å². The molecular formula is C23H24ClFN4O3. The summed E-state index contributed by atoms with van der Waals surface area (Å²) in [6.07, 6.45) is 7.80. The Kier molecular flexibility index (Phi) is 6.68. The molecule has 0 spiro atoms. The van der Waals surface area contributed by atoms with Gasteiger partial charge in [0.2, 0.25) is 0 Å². The van der Waals surface area contributed by atoms with Gasteiger partial charge in [0.25, 0.3) is 0 Å². The van der Waals surface area contributed by atoms with Crippen LogP contribution in [0.2, 0.25) is 5.02 Å². The Balaban J connectivity index is 1.67. The number of nitrogens with one attached hydrogen (secondary N) is 1. The number of hydrogen-bond donors (Lipinski definition) is 1. The van der Waals surface area contributed by atoms with Crippen LogP contribution in [0.3, 0.4) is 0 Å². The molecule has 1 saturated heterocycles. The molecule has 3 aromatic rings. The fraction of sp³-hybridized carbons (Fsp3) is 0.391. The molecule has 4 rings (SSSR count). The topological polar surface area (TPSA) is 72.5 Å². The molecule has 0 amide bonds. The van der Waals surface area contributed by atoms with Gasteiger partial charge in [-0.1, -0.05) is 17.5 Å². The summed E-state index contributed by atoms with van der Waals surface area (Å²) in [6.45, 7) is 2.49. The van der Waals surface area contributed by atoms with Gasteiger partial charge in [0.15, 0.2) is 11.5 Å². The summed E-state index contributed by atoms with van der Waals surface area (Å²) < 4.78 is 30.0. The van der Waals surface area contributed by atoms with E-state index in [0.717, 1.165) is 13.1 Å². The first-order valence-corrected chi connectivity index (χ1v) is 10.7. The SMILES string of the molecule is C#Cc1c[nH]c2nc(OCCN3CCC(F)CC3)nc(-c3cc(OC)c(OC)cc3Cl)c12. The summed E-state index contributed by atoms with van der Waals surface area (Å²) in [4.78, 5) is 14.4. The van der Waals surface area contributed by atoms with Crippen molar-refractivity contribution in [3.63, 3.8) is 0 Å². The fourth-order valence-corrected chi connectivity index (χ4v) is 4.06. The van der Waals surface area contributed by atoms with Crippen molar-refractivity contribution >= 4 is 22.6 Å². The summed E-state index contributed by atoms with van der Waals surface area (Å²) in [5.74, 6) is 3.67.